The highest BCUT2D eigenvalue weighted by atomic mass is 32.1. The molecule has 196 valence electrons. The summed E-state index contributed by atoms with van der Waals surface area (Å²) in [5.74, 6) is 0.631. The van der Waals surface area contributed by atoms with Crippen molar-refractivity contribution >= 4 is 33.3 Å². The van der Waals surface area contributed by atoms with E-state index in [9.17, 15) is 14.3 Å². The maximum atomic E-state index is 14.3. The van der Waals surface area contributed by atoms with Crippen LogP contribution in [0, 0.1) is 11.2 Å². The molecule has 0 saturated carbocycles. The molecule has 11 heteroatoms. The predicted octanol–water partition coefficient (Wildman–Crippen LogP) is 5.92. The van der Waals surface area contributed by atoms with E-state index in [1.54, 1.807) is 31.6 Å². The fourth-order valence-electron chi connectivity index (χ4n) is 4.33. The molecular formula is C26H30FN5O4S. The average Bonchev–Trinajstić information content (AvgIpc) is 3.41. The van der Waals surface area contributed by atoms with Gasteiger partial charge in [0.05, 0.1) is 39.6 Å². The van der Waals surface area contributed by atoms with Crippen LogP contribution in [0.15, 0.2) is 42.7 Å². The molecule has 0 aliphatic carbocycles. The average molecular weight is 528 g/mol. The molecule has 0 bridgehead atoms. The number of amides is 1. The van der Waals surface area contributed by atoms with Crippen molar-refractivity contribution in [3.05, 3.63) is 54.2 Å². The van der Waals surface area contributed by atoms with Crippen molar-refractivity contribution < 1.29 is 23.8 Å². The molecule has 1 atom stereocenters. The lowest BCUT2D eigenvalue weighted by Crippen LogP contribution is -2.43. The first-order valence-corrected chi connectivity index (χ1v) is 12.4. The standard InChI is InChI=1S/C26H30FN5O4S/c1-26(2,3)23(32(25(33)34)10-11-35-5)18-14-30-24(31(18)4)21-13-17-22(37-21)20(8-9-29-17)36-19-7-6-15(28)12-16(19)27/h6-9,12-14,23H,10-11,28H2,1-5H3,(H,33,34). The Morgan fingerprint density at radius 2 is 2.00 bits per heavy atom. The zero-order valence-electron chi connectivity index (χ0n) is 21.4. The third kappa shape index (κ3) is 5.37. The summed E-state index contributed by atoms with van der Waals surface area (Å²) in [5, 5.41) is 9.98. The largest absolute Gasteiger partial charge is 0.465 e. The fourth-order valence-corrected chi connectivity index (χ4v) is 5.42. The van der Waals surface area contributed by atoms with Crippen molar-refractivity contribution in [3.8, 4) is 22.2 Å². The minimum atomic E-state index is -1.03. The molecule has 0 radical (unpaired) electrons. The number of halogens is 1. The van der Waals surface area contributed by atoms with Crippen LogP contribution in [0.2, 0.25) is 0 Å². The normalized spacial score (nSPS) is 12.6. The van der Waals surface area contributed by atoms with E-state index in [0.717, 1.165) is 15.3 Å². The fraction of sp³-hybridized carbons (Fsp3) is 0.346. The number of rotatable bonds is 8. The van der Waals surface area contributed by atoms with E-state index in [-0.39, 0.29) is 18.9 Å². The summed E-state index contributed by atoms with van der Waals surface area (Å²) < 4.78 is 28.0. The van der Waals surface area contributed by atoms with Crippen molar-refractivity contribution in [2.45, 2.75) is 26.8 Å². The third-order valence-corrected chi connectivity index (χ3v) is 7.13. The minimum Gasteiger partial charge on any atom is -0.465 e. The van der Waals surface area contributed by atoms with Gasteiger partial charge in [-0.15, -0.1) is 11.3 Å². The number of carboxylic acid groups (broad SMARTS) is 1. The van der Waals surface area contributed by atoms with Gasteiger partial charge < -0.3 is 24.9 Å². The number of thiophene rings is 1. The van der Waals surface area contributed by atoms with Crippen LogP contribution in [-0.2, 0) is 11.8 Å². The molecule has 1 amide bonds. The lowest BCUT2D eigenvalue weighted by Gasteiger charge is -2.38. The zero-order chi connectivity index (χ0) is 26.9. The second-order valence-electron chi connectivity index (χ2n) is 9.73. The summed E-state index contributed by atoms with van der Waals surface area (Å²) in [7, 11) is 3.41. The molecule has 0 spiro atoms. The number of anilines is 1. The van der Waals surface area contributed by atoms with Crippen molar-refractivity contribution in [2.75, 3.05) is 26.0 Å². The Morgan fingerprint density at radius 3 is 2.65 bits per heavy atom. The van der Waals surface area contributed by atoms with Crippen molar-refractivity contribution in [1.82, 2.24) is 19.4 Å². The lowest BCUT2D eigenvalue weighted by atomic mass is 9.83. The van der Waals surface area contributed by atoms with Crippen LogP contribution in [0.3, 0.4) is 0 Å². The molecule has 4 aromatic rings. The van der Waals surface area contributed by atoms with Gasteiger partial charge in [0.25, 0.3) is 0 Å². The molecule has 4 rings (SSSR count). The Balaban J connectivity index is 1.74. The van der Waals surface area contributed by atoms with Gasteiger partial charge in [0.1, 0.15) is 11.6 Å². The highest BCUT2D eigenvalue weighted by Crippen LogP contribution is 2.42. The van der Waals surface area contributed by atoms with Gasteiger partial charge in [-0.2, -0.15) is 0 Å². The van der Waals surface area contributed by atoms with Crippen molar-refractivity contribution in [3.63, 3.8) is 0 Å². The molecule has 9 nitrogen and oxygen atoms in total. The molecule has 3 N–H and O–H groups in total. The first-order chi connectivity index (χ1) is 17.5. The van der Waals surface area contributed by atoms with Crippen LogP contribution in [0.25, 0.3) is 20.9 Å². The maximum absolute atomic E-state index is 14.3. The van der Waals surface area contributed by atoms with E-state index in [2.05, 4.69) is 9.97 Å². The summed E-state index contributed by atoms with van der Waals surface area (Å²) in [5.41, 5.74) is 6.98. The monoisotopic (exact) mass is 527 g/mol. The summed E-state index contributed by atoms with van der Waals surface area (Å²) in [6.07, 6.45) is 2.29. The van der Waals surface area contributed by atoms with Crippen LogP contribution in [0.4, 0.5) is 14.9 Å². The maximum Gasteiger partial charge on any atom is 0.407 e. The Hall–Kier alpha value is -3.70. The number of imidazole rings is 1. The summed E-state index contributed by atoms with van der Waals surface area (Å²) >= 11 is 1.41. The zero-order valence-corrected chi connectivity index (χ0v) is 22.2. The van der Waals surface area contributed by atoms with Gasteiger partial charge in [0.15, 0.2) is 11.6 Å². The number of methoxy groups -OCH3 is 1. The summed E-state index contributed by atoms with van der Waals surface area (Å²) in [6, 6.07) is 7.38. The van der Waals surface area contributed by atoms with Gasteiger partial charge in [0.2, 0.25) is 0 Å². The van der Waals surface area contributed by atoms with Crippen molar-refractivity contribution in [1.29, 1.82) is 0 Å². The Labute approximate surface area is 218 Å². The number of fused-ring (bicyclic) bond motifs is 1. The van der Waals surface area contributed by atoms with E-state index in [4.69, 9.17) is 15.2 Å². The van der Waals surface area contributed by atoms with Gasteiger partial charge in [-0.1, -0.05) is 20.8 Å². The second-order valence-corrected chi connectivity index (χ2v) is 10.8. The van der Waals surface area contributed by atoms with Crippen LogP contribution in [0.5, 0.6) is 11.5 Å². The molecule has 1 unspecified atom stereocenters. The molecule has 3 heterocycles. The van der Waals surface area contributed by atoms with Gasteiger partial charge >= 0.3 is 6.09 Å². The molecule has 3 aromatic heterocycles. The van der Waals surface area contributed by atoms with Gasteiger partial charge in [-0.3, -0.25) is 9.88 Å². The number of hydrogen-bond donors (Lipinski definition) is 2. The Morgan fingerprint density at radius 1 is 1.24 bits per heavy atom. The van der Waals surface area contributed by atoms with E-state index in [0.29, 0.717) is 22.8 Å². The first kappa shape index (κ1) is 26.4. The molecule has 1 aromatic carbocycles. The number of nitrogen functional groups attached to an aromatic ring is 1. The van der Waals surface area contributed by atoms with Gasteiger partial charge in [-0.25, -0.2) is 14.2 Å². The second kappa shape index (κ2) is 10.3. The quantitative estimate of drug-likeness (QED) is 0.273. The summed E-state index contributed by atoms with van der Waals surface area (Å²) in [4.78, 5) is 23.5. The molecule has 0 saturated heterocycles. The topological polar surface area (TPSA) is 116 Å². The number of nitrogens with two attached hydrogens (primary N) is 1. The summed E-state index contributed by atoms with van der Waals surface area (Å²) in [6.45, 7) is 6.50. The van der Waals surface area contributed by atoms with Gasteiger partial charge in [0, 0.05) is 44.7 Å². The molecule has 0 aliphatic rings. The van der Waals surface area contributed by atoms with E-state index in [1.165, 1.54) is 28.4 Å². The van der Waals surface area contributed by atoms with Crippen molar-refractivity contribution in [2.24, 2.45) is 12.5 Å². The molecule has 0 aliphatic heterocycles. The Kier molecular flexibility index (Phi) is 7.37. The van der Waals surface area contributed by atoms with Gasteiger partial charge in [-0.05, 0) is 23.6 Å². The first-order valence-electron chi connectivity index (χ1n) is 11.6. The lowest BCUT2D eigenvalue weighted by molar-refractivity contribution is 0.0585. The predicted molar refractivity (Wildman–Crippen MR) is 142 cm³/mol. The van der Waals surface area contributed by atoms with E-state index >= 15 is 0 Å². The number of hydrogen-bond acceptors (Lipinski definition) is 7. The highest BCUT2D eigenvalue weighted by molar-refractivity contribution is 7.22. The number of carbonyl (C=O) groups is 1. The number of benzene rings is 1. The molecular weight excluding hydrogens is 497 g/mol. The van der Waals surface area contributed by atoms with Crippen LogP contribution in [0.1, 0.15) is 32.5 Å². The number of pyridine rings is 1. The van der Waals surface area contributed by atoms with Crippen LogP contribution < -0.4 is 10.5 Å². The van der Waals surface area contributed by atoms with E-state index < -0.39 is 23.4 Å². The van der Waals surface area contributed by atoms with E-state index in [1.807, 2.05) is 38.5 Å². The SMILES string of the molecule is COCCN(C(=O)O)C(c1cnc(-c2cc3nccc(Oc4ccc(N)cc4F)c3s2)n1C)C(C)(C)C. The van der Waals surface area contributed by atoms with Crippen LogP contribution in [-0.4, -0.2) is 50.9 Å². The van der Waals surface area contributed by atoms with Crippen LogP contribution >= 0.6 is 11.3 Å². The molecule has 37 heavy (non-hydrogen) atoms. The third-order valence-electron chi connectivity index (χ3n) is 5.99. The highest BCUT2D eigenvalue weighted by Gasteiger charge is 2.37. The number of ether oxygens (including phenoxy) is 2. The Bertz CT molecular complexity index is 1430. The number of nitrogens with zero attached hydrogens (tertiary/aromatic N) is 4. The number of aromatic nitrogens is 3. The minimum absolute atomic E-state index is 0.0637. The smallest absolute Gasteiger partial charge is 0.407 e. The molecule has 0 fully saturated rings.